The summed E-state index contributed by atoms with van der Waals surface area (Å²) in [5.41, 5.74) is 3.57. The number of furan rings is 1. The second-order valence-corrected chi connectivity index (χ2v) is 5.96. The van der Waals surface area contributed by atoms with Gasteiger partial charge in [-0.15, -0.1) is 10.2 Å². The number of carbonyl (C=O) groups is 1. The van der Waals surface area contributed by atoms with Crippen LogP contribution in [0.5, 0.6) is 0 Å². The number of fused-ring (bicyclic) bond motifs is 1. The average Bonchev–Trinajstić information content (AvgIpc) is 3.27. The van der Waals surface area contributed by atoms with Gasteiger partial charge < -0.3 is 14.2 Å². The average molecular weight is 348 g/mol. The molecule has 0 aliphatic heterocycles. The SMILES string of the molecule is Cc1c(-c2nnc(C(=O)NCc3cccnc3)o2)oc2c(C)cccc12. The lowest BCUT2D eigenvalue weighted by atomic mass is 10.1. The zero-order valence-electron chi connectivity index (χ0n) is 14.3. The Morgan fingerprint density at radius 2 is 2.00 bits per heavy atom. The van der Waals surface area contributed by atoms with Gasteiger partial charge in [-0.25, -0.2) is 0 Å². The molecule has 0 spiro atoms. The number of hydrogen-bond acceptors (Lipinski definition) is 6. The summed E-state index contributed by atoms with van der Waals surface area (Å²) in [5.74, 6) is 0.107. The Hall–Kier alpha value is -3.48. The van der Waals surface area contributed by atoms with Gasteiger partial charge in [0.25, 0.3) is 5.89 Å². The molecule has 0 radical (unpaired) electrons. The summed E-state index contributed by atoms with van der Waals surface area (Å²) >= 11 is 0. The standard InChI is InChI=1S/C19H16N4O3/c1-11-5-3-7-14-12(2)16(25-15(11)14)18-22-23-19(26-18)17(24)21-10-13-6-4-8-20-9-13/h3-9H,10H2,1-2H3,(H,21,24). The first kappa shape index (κ1) is 16.0. The van der Waals surface area contributed by atoms with E-state index in [1.807, 2.05) is 38.1 Å². The first-order chi connectivity index (χ1) is 12.6. The fraction of sp³-hybridized carbons (Fsp3) is 0.158. The Balaban J connectivity index is 1.57. The molecule has 0 aliphatic rings. The van der Waals surface area contributed by atoms with Gasteiger partial charge in [0, 0.05) is 29.9 Å². The summed E-state index contributed by atoms with van der Waals surface area (Å²) in [6.45, 7) is 4.22. The van der Waals surface area contributed by atoms with E-state index >= 15 is 0 Å². The Morgan fingerprint density at radius 1 is 1.12 bits per heavy atom. The van der Waals surface area contributed by atoms with Crippen molar-refractivity contribution >= 4 is 16.9 Å². The van der Waals surface area contributed by atoms with E-state index in [1.54, 1.807) is 18.5 Å². The molecule has 0 atom stereocenters. The molecular weight excluding hydrogens is 332 g/mol. The quantitative estimate of drug-likeness (QED) is 0.607. The molecule has 1 aromatic carbocycles. The maximum atomic E-state index is 12.2. The van der Waals surface area contributed by atoms with E-state index in [9.17, 15) is 4.79 Å². The Morgan fingerprint density at radius 3 is 2.77 bits per heavy atom. The lowest BCUT2D eigenvalue weighted by molar-refractivity contribution is 0.0916. The Kier molecular flexibility index (Phi) is 3.96. The van der Waals surface area contributed by atoms with Crippen molar-refractivity contribution < 1.29 is 13.6 Å². The van der Waals surface area contributed by atoms with Crippen LogP contribution in [0.4, 0.5) is 0 Å². The maximum absolute atomic E-state index is 12.2. The van der Waals surface area contributed by atoms with E-state index in [0.717, 1.165) is 27.7 Å². The van der Waals surface area contributed by atoms with Crippen LogP contribution >= 0.6 is 0 Å². The first-order valence-electron chi connectivity index (χ1n) is 8.13. The zero-order valence-corrected chi connectivity index (χ0v) is 14.3. The van der Waals surface area contributed by atoms with Crippen LogP contribution in [0.3, 0.4) is 0 Å². The molecule has 7 heteroatoms. The number of nitrogens with zero attached hydrogens (tertiary/aromatic N) is 3. The number of aryl methyl sites for hydroxylation is 2. The molecule has 0 saturated heterocycles. The third-order valence-corrected chi connectivity index (χ3v) is 4.15. The van der Waals surface area contributed by atoms with Crippen molar-refractivity contribution in [3.63, 3.8) is 0 Å². The van der Waals surface area contributed by atoms with Gasteiger partial charge in [-0.2, -0.15) is 0 Å². The number of benzene rings is 1. The second-order valence-electron chi connectivity index (χ2n) is 5.96. The Labute approximate surface area is 149 Å². The summed E-state index contributed by atoms with van der Waals surface area (Å²) in [7, 11) is 0. The minimum Gasteiger partial charge on any atom is -0.450 e. The number of nitrogens with one attached hydrogen (secondary N) is 1. The summed E-state index contributed by atoms with van der Waals surface area (Å²) < 4.78 is 11.4. The monoisotopic (exact) mass is 348 g/mol. The molecule has 0 bridgehead atoms. The maximum Gasteiger partial charge on any atom is 0.309 e. The van der Waals surface area contributed by atoms with Crippen LogP contribution in [-0.4, -0.2) is 21.1 Å². The van der Waals surface area contributed by atoms with E-state index in [2.05, 4.69) is 20.5 Å². The van der Waals surface area contributed by atoms with E-state index in [0.29, 0.717) is 12.3 Å². The highest BCUT2D eigenvalue weighted by atomic mass is 16.4. The van der Waals surface area contributed by atoms with Gasteiger partial charge in [-0.05, 0) is 31.0 Å². The number of aromatic nitrogens is 3. The van der Waals surface area contributed by atoms with E-state index in [4.69, 9.17) is 8.83 Å². The van der Waals surface area contributed by atoms with E-state index in [1.165, 1.54) is 0 Å². The minimum atomic E-state index is -0.447. The smallest absolute Gasteiger partial charge is 0.309 e. The highest BCUT2D eigenvalue weighted by molar-refractivity contribution is 5.90. The number of pyridine rings is 1. The van der Waals surface area contributed by atoms with Crippen LogP contribution in [0, 0.1) is 13.8 Å². The normalized spacial score (nSPS) is 11.0. The summed E-state index contributed by atoms with van der Waals surface area (Å²) in [5, 5.41) is 11.5. The van der Waals surface area contributed by atoms with Crippen molar-refractivity contribution in [3.8, 4) is 11.7 Å². The molecule has 26 heavy (non-hydrogen) atoms. The highest BCUT2D eigenvalue weighted by Gasteiger charge is 2.21. The zero-order chi connectivity index (χ0) is 18.1. The highest BCUT2D eigenvalue weighted by Crippen LogP contribution is 2.33. The lowest BCUT2D eigenvalue weighted by Crippen LogP contribution is -2.23. The molecule has 0 aliphatic carbocycles. The molecule has 4 rings (SSSR count). The third kappa shape index (κ3) is 2.83. The third-order valence-electron chi connectivity index (χ3n) is 4.15. The van der Waals surface area contributed by atoms with Gasteiger partial charge in [-0.3, -0.25) is 9.78 Å². The van der Waals surface area contributed by atoms with Gasteiger partial charge in [-0.1, -0.05) is 24.3 Å². The molecule has 130 valence electrons. The molecule has 1 N–H and O–H groups in total. The van der Waals surface area contributed by atoms with Gasteiger partial charge >= 0.3 is 11.8 Å². The molecule has 7 nitrogen and oxygen atoms in total. The van der Waals surface area contributed by atoms with Crippen molar-refractivity contribution in [1.29, 1.82) is 0 Å². The van der Waals surface area contributed by atoms with Crippen LogP contribution in [0.15, 0.2) is 51.6 Å². The summed E-state index contributed by atoms with van der Waals surface area (Å²) in [6, 6.07) is 9.59. The van der Waals surface area contributed by atoms with E-state index in [-0.39, 0.29) is 11.8 Å². The van der Waals surface area contributed by atoms with Gasteiger partial charge in [0.15, 0.2) is 5.76 Å². The van der Waals surface area contributed by atoms with Crippen molar-refractivity contribution in [3.05, 3.63) is 65.3 Å². The number of carbonyl (C=O) groups excluding carboxylic acids is 1. The first-order valence-corrected chi connectivity index (χ1v) is 8.13. The molecule has 0 saturated carbocycles. The number of para-hydroxylation sites is 1. The summed E-state index contributed by atoms with van der Waals surface area (Å²) in [4.78, 5) is 16.2. The van der Waals surface area contributed by atoms with Crippen molar-refractivity contribution in [2.75, 3.05) is 0 Å². The predicted molar refractivity (Wildman–Crippen MR) is 94.4 cm³/mol. The fourth-order valence-electron chi connectivity index (χ4n) is 2.76. The number of rotatable bonds is 4. The molecule has 0 unspecified atom stereocenters. The van der Waals surface area contributed by atoms with Crippen molar-refractivity contribution in [1.82, 2.24) is 20.5 Å². The predicted octanol–water partition coefficient (Wildman–Crippen LogP) is 3.42. The number of hydrogen-bond donors (Lipinski definition) is 1. The van der Waals surface area contributed by atoms with Gasteiger partial charge in [0.1, 0.15) is 5.58 Å². The van der Waals surface area contributed by atoms with Crippen LogP contribution in [-0.2, 0) is 6.54 Å². The lowest BCUT2D eigenvalue weighted by Gasteiger charge is -2.01. The Bertz CT molecular complexity index is 1080. The molecular formula is C19H16N4O3. The summed E-state index contributed by atoms with van der Waals surface area (Å²) in [6.07, 6.45) is 3.35. The van der Waals surface area contributed by atoms with Gasteiger partial charge in [0.05, 0.1) is 0 Å². The topological polar surface area (TPSA) is 94.1 Å². The molecule has 1 amide bonds. The molecule has 3 heterocycles. The molecule has 3 aromatic heterocycles. The van der Waals surface area contributed by atoms with Crippen molar-refractivity contribution in [2.24, 2.45) is 0 Å². The van der Waals surface area contributed by atoms with Crippen LogP contribution in [0.2, 0.25) is 0 Å². The molecule has 4 aromatic rings. The van der Waals surface area contributed by atoms with Gasteiger partial charge in [0.2, 0.25) is 0 Å². The van der Waals surface area contributed by atoms with Crippen LogP contribution < -0.4 is 5.32 Å². The van der Waals surface area contributed by atoms with Crippen LogP contribution in [0.25, 0.3) is 22.6 Å². The largest absolute Gasteiger partial charge is 0.450 e. The minimum absolute atomic E-state index is 0.111. The molecule has 0 fully saturated rings. The van der Waals surface area contributed by atoms with Crippen molar-refractivity contribution in [2.45, 2.75) is 20.4 Å². The number of amides is 1. The van der Waals surface area contributed by atoms with Crippen LogP contribution in [0.1, 0.15) is 27.4 Å². The second kappa shape index (κ2) is 6.44. The fourth-order valence-corrected chi connectivity index (χ4v) is 2.76. The van der Waals surface area contributed by atoms with E-state index < -0.39 is 5.91 Å².